The lowest BCUT2D eigenvalue weighted by Crippen LogP contribution is -2.50. The Labute approximate surface area is 193 Å². The molecule has 0 aliphatic heterocycles. The number of aliphatic hydroxyl groups is 1. The summed E-state index contributed by atoms with van der Waals surface area (Å²) in [6.45, 7) is 17.2. The quantitative estimate of drug-likeness (QED) is 0.448. The molecular weight excluding hydrogens is 376 g/mol. The lowest BCUT2D eigenvalue weighted by atomic mass is 9.47. The van der Waals surface area contributed by atoms with Gasteiger partial charge in [0.1, 0.15) is 0 Å². The number of fused-ring (bicyclic) bond motifs is 5. The molecule has 0 spiro atoms. The van der Waals surface area contributed by atoms with Gasteiger partial charge in [-0.15, -0.1) is 0 Å². The zero-order valence-corrected chi connectivity index (χ0v) is 21.6. The third-order valence-corrected chi connectivity index (χ3v) is 11.0. The van der Waals surface area contributed by atoms with Gasteiger partial charge in [0, 0.05) is 0 Å². The van der Waals surface area contributed by atoms with Gasteiger partial charge in [-0.3, -0.25) is 0 Å². The highest BCUT2D eigenvalue weighted by Crippen LogP contribution is 2.67. The molecule has 0 aromatic carbocycles. The molecule has 0 aromatic heterocycles. The first-order valence-corrected chi connectivity index (χ1v) is 13.5. The zero-order valence-electron chi connectivity index (χ0n) is 21.6. The lowest BCUT2D eigenvalue weighted by molar-refractivity contribution is -0.0571. The highest BCUT2D eigenvalue weighted by Gasteiger charge is 2.59. The van der Waals surface area contributed by atoms with Crippen LogP contribution in [0.25, 0.3) is 0 Å². The summed E-state index contributed by atoms with van der Waals surface area (Å²) in [6, 6.07) is 0. The van der Waals surface area contributed by atoms with E-state index in [1.54, 1.807) is 11.1 Å². The van der Waals surface area contributed by atoms with Gasteiger partial charge in [0.15, 0.2) is 0 Å². The summed E-state index contributed by atoms with van der Waals surface area (Å²) < 4.78 is 0. The van der Waals surface area contributed by atoms with E-state index in [9.17, 15) is 5.11 Å². The summed E-state index contributed by atoms with van der Waals surface area (Å²) in [4.78, 5) is 0. The van der Waals surface area contributed by atoms with Gasteiger partial charge in [0.2, 0.25) is 0 Å². The first kappa shape index (κ1) is 23.6. The van der Waals surface area contributed by atoms with Crippen LogP contribution in [0.5, 0.6) is 0 Å². The van der Waals surface area contributed by atoms with Crippen LogP contribution in [-0.4, -0.2) is 11.2 Å². The fourth-order valence-corrected chi connectivity index (χ4v) is 9.15. The van der Waals surface area contributed by atoms with Gasteiger partial charge in [-0.05, 0) is 117 Å². The predicted molar refractivity (Wildman–Crippen MR) is 133 cm³/mol. The van der Waals surface area contributed by atoms with E-state index in [1.807, 2.05) is 0 Å². The van der Waals surface area contributed by atoms with Crippen molar-refractivity contribution in [1.29, 1.82) is 0 Å². The first-order valence-electron chi connectivity index (χ1n) is 13.5. The second-order valence-corrected chi connectivity index (χ2v) is 13.5. The first-order chi connectivity index (χ1) is 14.5. The minimum Gasteiger partial charge on any atom is -0.393 e. The maximum atomic E-state index is 10.3. The van der Waals surface area contributed by atoms with Crippen LogP contribution in [0.3, 0.4) is 0 Å². The van der Waals surface area contributed by atoms with Crippen LogP contribution >= 0.6 is 0 Å². The molecule has 0 radical (unpaired) electrons. The summed E-state index contributed by atoms with van der Waals surface area (Å²) in [5.41, 5.74) is 4.49. The van der Waals surface area contributed by atoms with Crippen LogP contribution in [-0.2, 0) is 0 Å². The van der Waals surface area contributed by atoms with Crippen LogP contribution < -0.4 is 0 Å². The number of rotatable bonds is 4. The largest absolute Gasteiger partial charge is 0.393 e. The molecule has 4 rings (SSSR count). The molecule has 0 bridgehead atoms. The summed E-state index contributed by atoms with van der Waals surface area (Å²) in [6.07, 6.45) is 17.8. The van der Waals surface area contributed by atoms with Crippen molar-refractivity contribution in [1.82, 2.24) is 0 Å². The molecule has 176 valence electrons. The van der Waals surface area contributed by atoms with Gasteiger partial charge in [-0.25, -0.2) is 0 Å². The van der Waals surface area contributed by atoms with E-state index in [4.69, 9.17) is 0 Å². The van der Waals surface area contributed by atoms with Crippen molar-refractivity contribution < 1.29 is 5.11 Å². The van der Waals surface area contributed by atoms with Gasteiger partial charge in [-0.2, -0.15) is 0 Å². The summed E-state index contributed by atoms with van der Waals surface area (Å²) in [7, 11) is 0. The van der Waals surface area contributed by atoms with Crippen molar-refractivity contribution >= 4 is 0 Å². The molecule has 0 heterocycles. The average Bonchev–Trinajstić information content (AvgIpc) is 3.05. The monoisotopic (exact) mass is 426 g/mol. The molecule has 0 aromatic rings. The maximum Gasteiger partial charge on any atom is 0.0577 e. The van der Waals surface area contributed by atoms with Crippen molar-refractivity contribution in [3.05, 3.63) is 23.3 Å². The Balaban J connectivity index is 1.48. The fraction of sp³-hybridized carbons (Fsp3) is 0.867. The number of aliphatic hydroxyl groups excluding tert-OH is 1. The van der Waals surface area contributed by atoms with Crippen molar-refractivity contribution in [3.8, 4) is 0 Å². The van der Waals surface area contributed by atoms with Crippen LogP contribution in [0.1, 0.15) is 113 Å². The Morgan fingerprint density at radius 2 is 1.87 bits per heavy atom. The Bertz CT molecular complexity index is 723. The van der Waals surface area contributed by atoms with Gasteiger partial charge >= 0.3 is 0 Å². The van der Waals surface area contributed by atoms with Crippen molar-refractivity contribution in [2.75, 3.05) is 0 Å². The summed E-state index contributed by atoms with van der Waals surface area (Å²) >= 11 is 0. The SMILES string of the molecule is C/C=C(\CC[C@@H](C)C1CCC2C3CC=C4CC(O)CCC4(C)C3CCC21C)C(C)(C)C. The van der Waals surface area contributed by atoms with Gasteiger partial charge in [0.05, 0.1) is 6.10 Å². The normalized spacial score (nSPS) is 44.2. The number of allylic oxidation sites excluding steroid dienone is 3. The molecule has 4 aliphatic carbocycles. The van der Waals surface area contributed by atoms with E-state index in [-0.39, 0.29) is 6.10 Å². The standard InChI is InChI=1S/C30H50O/c1-8-21(28(3,4)5)10-9-20(2)25-13-14-26-24-12-11-22-19-23(31)15-17-29(22,6)27(24)16-18-30(25,26)7/h8,11,20,23-27,31H,9-10,12-19H2,1-7H3/b21-8+/t20-,23?,24?,25?,26?,27?,29?,30?/m1/s1. The van der Waals surface area contributed by atoms with Crippen molar-refractivity contribution in [2.24, 2.45) is 45.8 Å². The highest BCUT2D eigenvalue weighted by molar-refractivity contribution is 5.25. The molecular formula is C30H50O. The van der Waals surface area contributed by atoms with Crippen LogP contribution in [0.15, 0.2) is 23.3 Å². The molecule has 0 saturated heterocycles. The molecule has 0 amide bonds. The molecule has 8 atom stereocenters. The maximum absolute atomic E-state index is 10.3. The van der Waals surface area contributed by atoms with Crippen molar-refractivity contribution in [3.63, 3.8) is 0 Å². The zero-order chi connectivity index (χ0) is 22.6. The molecule has 4 aliphatic rings. The van der Waals surface area contributed by atoms with E-state index in [0.717, 1.165) is 42.4 Å². The smallest absolute Gasteiger partial charge is 0.0577 e. The van der Waals surface area contributed by atoms with Crippen molar-refractivity contribution in [2.45, 2.75) is 119 Å². The number of hydrogen-bond acceptors (Lipinski definition) is 1. The second kappa shape index (κ2) is 8.34. The fourth-order valence-electron chi connectivity index (χ4n) is 9.15. The van der Waals surface area contributed by atoms with Crippen LogP contribution in [0, 0.1) is 45.8 Å². The third-order valence-electron chi connectivity index (χ3n) is 11.0. The Morgan fingerprint density at radius 3 is 2.55 bits per heavy atom. The van der Waals surface area contributed by atoms with Crippen LogP contribution in [0.2, 0.25) is 0 Å². The minimum absolute atomic E-state index is 0.0865. The summed E-state index contributed by atoms with van der Waals surface area (Å²) in [5, 5.41) is 10.3. The predicted octanol–water partition coefficient (Wildman–Crippen LogP) is 8.34. The van der Waals surface area contributed by atoms with E-state index in [2.05, 4.69) is 60.6 Å². The number of hydrogen-bond donors (Lipinski definition) is 1. The topological polar surface area (TPSA) is 20.2 Å². The Hall–Kier alpha value is -0.560. The minimum atomic E-state index is -0.0865. The molecule has 3 fully saturated rings. The Kier molecular flexibility index (Phi) is 6.35. The van der Waals surface area contributed by atoms with Gasteiger partial charge in [-0.1, -0.05) is 64.8 Å². The van der Waals surface area contributed by atoms with E-state index in [0.29, 0.717) is 16.2 Å². The molecule has 3 saturated carbocycles. The molecule has 31 heavy (non-hydrogen) atoms. The van der Waals surface area contributed by atoms with E-state index < -0.39 is 0 Å². The summed E-state index contributed by atoms with van der Waals surface area (Å²) in [5.74, 6) is 4.41. The molecule has 1 nitrogen and oxygen atoms in total. The van der Waals surface area contributed by atoms with E-state index >= 15 is 0 Å². The molecule has 1 N–H and O–H groups in total. The molecule has 1 heteroatoms. The van der Waals surface area contributed by atoms with E-state index in [1.165, 1.54) is 51.4 Å². The average molecular weight is 427 g/mol. The van der Waals surface area contributed by atoms with Gasteiger partial charge in [0.25, 0.3) is 0 Å². The highest BCUT2D eigenvalue weighted by atomic mass is 16.3. The molecule has 7 unspecified atom stereocenters. The third kappa shape index (κ3) is 4.00. The van der Waals surface area contributed by atoms with Crippen LogP contribution in [0.4, 0.5) is 0 Å². The lowest BCUT2D eigenvalue weighted by Gasteiger charge is -2.58. The second-order valence-electron chi connectivity index (χ2n) is 13.5. The van der Waals surface area contributed by atoms with Gasteiger partial charge < -0.3 is 5.11 Å². The Morgan fingerprint density at radius 1 is 1.13 bits per heavy atom.